The molecule has 0 saturated heterocycles. The van der Waals surface area contributed by atoms with Gasteiger partial charge in [0.15, 0.2) is 10.8 Å². The molecule has 0 bridgehead atoms. The number of hydrogen-bond acceptors (Lipinski definition) is 7. The van der Waals surface area contributed by atoms with Gasteiger partial charge in [0.2, 0.25) is 0 Å². The minimum absolute atomic E-state index is 0.112. The second-order valence-corrected chi connectivity index (χ2v) is 8.90. The molecule has 1 amide bonds. The van der Waals surface area contributed by atoms with Gasteiger partial charge in [-0.25, -0.2) is 19.6 Å². The van der Waals surface area contributed by atoms with Crippen LogP contribution in [0.1, 0.15) is 29.8 Å². The number of amides is 1. The molecule has 9 nitrogen and oxygen atoms in total. The van der Waals surface area contributed by atoms with Crippen LogP contribution in [-0.2, 0) is 13.1 Å². The highest BCUT2D eigenvalue weighted by molar-refractivity contribution is 7.98. The number of hydrogen-bond donors (Lipinski definition) is 2. The zero-order valence-electron chi connectivity index (χ0n) is 19.0. The number of fused-ring (bicyclic) bond motifs is 1. The summed E-state index contributed by atoms with van der Waals surface area (Å²) in [5, 5.41) is 12.4. The van der Waals surface area contributed by atoms with E-state index >= 15 is 0 Å². The van der Waals surface area contributed by atoms with E-state index in [1.165, 1.54) is 11.8 Å². The van der Waals surface area contributed by atoms with Gasteiger partial charge in [-0.1, -0.05) is 37.7 Å². The van der Waals surface area contributed by atoms with E-state index < -0.39 is 0 Å². The van der Waals surface area contributed by atoms with E-state index in [0.717, 1.165) is 35.5 Å². The molecule has 0 unspecified atom stereocenters. The number of benzene rings is 1. The Bertz CT molecular complexity index is 1200. The third-order valence-electron chi connectivity index (χ3n) is 5.09. The first-order valence-corrected chi connectivity index (χ1v) is 12.1. The van der Waals surface area contributed by atoms with E-state index in [1.807, 2.05) is 46.0 Å². The Labute approximate surface area is 197 Å². The molecule has 0 atom stereocenters. The van der Waals surface area contributed by atoms with Crippen LogP contribution in [0.3, 0.4) is 0 Å². The molecule has 3 heterocycles. The number of carbonyl (C=O) groups excluding carboxylic acids is 1. The normalized spacial score (nSPS) is 11.3. The Hall–Kier alpha value is -3.40. The average molecular weight is 465 g/mol. The lowest BCUT2D eigenvalue weighted by Gasteiger charge is -2.11. The van der Waals surface area contributed by atoms with Gasteiger partial charge in [0.25, 0.3) is 5.91 Å². The molecule has 172 valence electrons. The fourth-order valence-corrected chi connectivity index (χ4v) is 3.72. The largest absolute Gasteiger partial charge is 0.369 e. The van der Waals surface area contributed by atoms with Gasteiger partial charge in [-0.15, -0.1) is 0 Å². The molecule has 0 spiro atoms. The molecule has 10 heteroatoms. The van der Waals surface area contributed by atoms with Crippen molar-refractivity contribution in [1.82, 2.24) is 34.6 Å². The van der Waals surface area contributed by atoms with Gasteiger partial charge in [-0.2, -0.15) is 5.10 Å². The van der Waals surface area contributed by atoms with E-state index in [0.29, 0.717) is 29.7 Å². The number of carbonyl (C=O) groups is 1. The lowest BCUT2D eigenvalue weighted by molar-refractivity contribution is 0.0952. The molecule has 0 aliphatic heterocycles. The smallest absolute Gasteiger partial charge is 0.251 e. The summed E-state index contributed by atoms with van der Waals surface area (Å²) in [6.07, 6.45) is 9.17. The van der Waals surface area contributed by atoms with Crippen molar-refractivity contribution in [2.24, 2.45) is 5.92 Å². The van der Waals surface area contributed by atoms with E-state index in [1.54, 1.807) is 18.7 Å². The maximum absolute atomic E-state index is 12.6. The standard InChI is InChI=1S/C23H28N8OS/c1-16(2)12-26-20-19-13-27-31(21(19)29-23(28-20)33-3)11-9-25-22(32)18-6-4-17(5-7-18)14-30-10-8-24-15-30/h4-8,10,13,15-16H,9,11-12,14H2,1-3H3,(H,25,32)(H,26,28,29). The monoisotopic (exact) mass is 464 g/mol. The summed E-state index contributed by atoms with van der Waals surface area (Å²) in [6.45, 7) is 6.81. The number of nitrogens with zero attached hydrogens (tertiary/aromatic N) is 6. The molecule has 3 aromatic heterocycles. The van der Waals surface area contributed by atoms with Crippen molar-refractivity contribution in [2.75, 3.05) is 24.7 Å². The van der Waals surface area contributed by atoms with Crippen LogP contribution in [0.15, 0.2) is 54.3 Å². The molecule has 0 fully saturated rings. The predicted molar refractivity (Wildman–Crippen MR) is 131 cm³/mol. The first-order chi connectivity index (χ1) is 16.0. The second-order valence-electron chi connectivity index (χ2n) is 8.13. The van der Waals surface area contributed by atoms with Crippen LogP contribution in [0.5, 0.6) is 0 Å². The van der Waals surface area contributed by atoms with Gasteiger partial charge in [0.05, 0.1) is 24.5 Å². The minimum Gasteiger partial charge on any atom is -0.369 e. The van der Waals surface area contributed by atoms with Gasteiger partial charge < -0.3 is 15.2 Å². The van der Waals surface area contributed by atoms with E-state index in [4.69, 9.17) is 0 Å². The lowest BCUT2D eigenvalue weighted by Crippen LogP contribution is -2.27. The summed E-state index contributed by atoms with van der Waals surface area (Å²) in [6, 6.07) is 7.61. The van der Waals surface area contributed by atoms with Crippen molar-refractivity contribution in [3.05, 3.63) is 60.3 Å². The zero-order valence-corrected chi connectivity index (χ0v) is 19.8. The molecule has 2 N–H and O–H groups in total. The molecule has 4 rings (SSSR count). The van der Waals surface area contributed by atoms with Gasteiger partial charge in [0.1, 0.15) is 5.82 Å². The molecule has 4 aromatic rings. The summed E-state index contributed by atoms with van der Waals surface area (Å²) >= 11 is 1.49. The number of thioether (sulfide) groups is 1. The first kappa shape index (κ1) is 22.8. The van der Waals surface area contributed by atoms with Gasteiger partial charge in [-0.3, -0.25) is 4.79 Å². The van der Waals surface area contributed by atoms with E-state index in [9.17, 15) is 4.79 Å². The number of rotatable bonds is 10. The summed E-state index contributed by atoms with van der Waals surface area (Å²) in [5.74, 6) is 1.18. The molecule has 0 aliphatic carbocycles. The highest BCUT2D eigenvalue weighted by Crippen LogP contribution is 2.23. The SMILES string of the molecule is CSc1nc(NCC(C)C)c2cnn(CCNC(=O)c3ccc(Cn4ccnc4)cc3)c2n1. The van der Waals surface area contributed by atoms with Crippen molar-refractivity contribution in [3.63, 3.8) is 0 Å². The first-order valence-electron chi connectivity index (χ1n) is 10.9. The Morgan fingerprint density at radius 2 is 2.00 bits per heavy atom. The number of anilines is 1. The van der Waals surface area contributed by atoms with Gasteiger partial charge in [0, 0.05) is 37.6 Å². The molecule has 0 radical (unpaired) electrons. The van der Waals surface area contributed by atoms with E-state index in [2.05, 4.69) is 44.5 Å². The Kier molecular flexibility index (Phi) is 7.23. The fraction of sp³-hybridized carbons (Fsp3) is 0.348. The van der Waals surface area contributed by atoms with Crippen LogP contribution in [-0.4, -0.2) is 54.6 Å². The maximum atomic E-state index is 12.6. The number of aromatic nitrogens is 6. The lowest BCUT2D eigenvalue weighted by atomic mass is 10.1. The Morgan fingerprint density at radius 3 is 2.70 bits per heavy atom. The van der Waals surface area contributed by atoms with Crippen molar-refractivity contribution in [1.29, 1.82) is 0 Å². The predicted octanol–water partition coefficient (Wildman–Crippen LogP) is 3.29. The van der Waals surface area contributed by atoms with Crippen LogP contribution in [0, 0.1) is 5.92 Å². The second kappa shape index (κ2) is 10.5. The van der Waals surface area contributed by atoms with Gasteiger partial charge >= 0.3 is 0 Å². The summed E-state index contributed by atoms with van der Waals surface area (Å²) in [5.41, 5.74) is 2.50. The third kappa shape index (κ3) is 5.70. The highest BCUT2D eigenvalue weighted by Gasteiger charge is 2.13. The van der Waals surface area contributed by atoms with Crippen molar-refractivity contribution in [2.45, 2.75) is 32.1 Å². The molecular weight excluding hydrogens is 436 g/mol. The van der Waals surface area contributed by atoms with Crippen LogP contribution >= 0.6 is 11.8 Å². The third-order valence-corrected chi connectivity index (χ3v) is 5.63. The molecule has 0 aliphatic rings. The Balaban J connectivity index is 1.38. The topological polar surface area (TPSA) is 103 Å². The molecular formula is C23H28N8OS. The maximum Gasteiger partial charge on any atom is 0.251 e. The van der Waals surface area contributed by atoms with Crippen LogP contribution in [0.4, 0.5) is 5.82 Å². The Morgan fingerprint density at radius 1 is 1.18 bits per heavy atom. The van der Waals surface area contributed by atoms with Crippen LogP contribution in [0.25, 0.3) is 11.0 Å². The number of nitrogens with one attached hydrogen (secondary N) is 2. The van der Waals surface area contributed by atoms with Crippen LogP contribution in [0.2, 0.25) is 0 Å². The molecule has 1 aromatic carbocycles. The minimum atomic E-state index is -0.112. The number of imidazole rings is 1. The summed E-state index contributed by atoms with van der Waals surface area (Å²) in [4.78, 5) is 25.8. The van der Waals surface area contributed by atoms with Crippen molar-refractivity contribution in [3.8, 4) is 0 Å². The fourth-order valence-electron chi connectivity index (χ4n) is 3.36. The average Bonchev–Trinajstić information content (AvgIpc) is 3.48. The highest BCUT2D eigenvalue weighted by atomic mass is 32.2. The summed E-state index contributed by atoms with van der Waals surface area (Å²) in [7, 11) is 0. The van der Waals surface area contributed by atoms with Crippen molar-refractivity contribution >= 4 is 34.5 Å². The molecule has 33 heavy (non-hydrogen) atoms. The quantitative estimate of drug-likeness (QED) is 0.274. The van der Waals surface area contributed by atoms with Gasteiger partial charge in [-0.05, 0) is 29.9 Å². The van der Waals surface area contributed by atoms with Crippen molar-refractivity contribution < 1.29 is 4.79 Å². The zero-order chi connectivity index (χ0) is 23.2. The molecule has 0 saturated carbocycles. The van der Waals surface area contributed by atoms with Crippen LogP contribution < -0.4 is 10.6 Å². The van der Waals surface area contributed by atoms with E-state index in [-0.39, 0.29) is 5.91 Å². The summed E-state index contributed by atoms with van der Waals surface area (Å²) < 4.78 is 3.80.